The zero-order chi connectivity index (χ0) is 47.7. The highest BCUT2D eigenvalue weighted by Crippen LogP contribution is 2.41. The highest BCUT2D eigenvalue weighted by molar-refractivity contribution is 6.14. The normalized spacial score (nSPS) is 11.3. The summed E-state index contributed by atoms with van der Waals surface area (Å²) in [6.45, 7) is 15.3. The summed E-state index contributed by atoms with van der Waals surface area (Å²) in [5, 5.41) is 28.9. The molecule has 0 aliphatic carbocycles. The highest BCUT2D eigenvalue weighted by Gasteiger charge is 2.23. The monoisotopic (exact) mass is 903 g/mol. The molecule has 326 valence electrons. The van der Waals surface area contributed by atoms with Gasteiger partial charge in [0, 0.05) is 60.5 Å². The van der Waals surface area contributed by atoms with Gasteiger partial charge in [-0.3, -0.25) is 0 Å². The second-order valence-corrected chi connectivity index (χ2v) is 17.4. The molecular weight excluding hydrogens is 871 g/mol. The fourth-order valence-corrected chi connectivity index (χ4v) is 10.5. The largest absolute Gasteiger partial charge is 0.309 e. The lowest BCUT2D eigenvalue weighted by molar-refractivity contribution is 1.15. The topological polar surface area (TPSA) is 96.9 Å². The Hall–Kier alpha value is -10.6. The van der Waals surface area contributed by atoms with E-state index >= 15 is 0 Å². The van der Waals surface area contributed by atoms with Gasteiger partial charge in [-0.2, -0.15) is 10.5 Å². The van der Waals surface area contributed by atoms with Crippen LogP contribution in [0.2, 0.25) is 0 Å². The Balaban J connectivity index is 1.06. The lowest BCUT2D eigenvalue weighted by atomic mass is 9.96. The lowest BCUT2D eigenvalue weighted by Crippen LogP contribution is -2.02. The van der Waals surface area contributed by atoms with E-state index < -0.39 is 0 Å². The number of hydrogen-bond acceptors (Lipinski definition) is 4. The van der Waals surface area contributed by atoms with Crippen molar-refractivity contribution in [2.24, 2.45) is 0 Å². The second kappa shape index (κ2) is 16.0. The van der Waals surface area contributed by atoms with Gasteiger partial charge in [0.25, 0.3) is 0 Å². The molecule has 0 spiro atoms. The van der Waals surface area contributed by atoms with Crippen LogP contribution in [0, 0.1) is 35.8 Å². The molecule has 13 rings (SSSR count). The van der Waals surface area contributed by atoms with Crippen LogP contribution < -0.4 is 0 Å². The van der Waals surface area contributed by atoms with Gasteiger partial charge in [-0.25, -0.2) is 19.7 Å². The Morgan fingerprint density at radius 1 is 0.366 bits per heavy atom. The number of para-hydroxylation sites is 4. The van der Waals surface area contributed by atoms with Crippen molar-refractivity contribution >= 4 is 76.8 Å². The maximum absolute atomic E-state index is 11.1. The maximum atomic E-state index is 11.1. The zero-order valence-electron chi connectivity index (χ0n) is 37.6. The third kappa shape index (κ3) is 6.37. The van der Waals surface area contributed by atoms with Crippen LogP contribution in [0.5, 0.6) is 0 Å². The van der Waals surface area contributed by atoms with Crippen molar-refractivity contribution in [3.63, 3.8) is 0 Å². The lowest BCUT2D eigenvalue weighted by Gasteiger charge is -2.15. The number of nitriles is 2. The van der Waals surface area contributed by atoms with Gasteiger partial charge in [-0.1, -0.05) is 109 Å². The van der Waals surface area contributed by atoms with Gasteiger partial charge in [0.1, 0.15) is 0 Å². The fraction of sp³-hybridized carbons (Fsp3) is 0. The summed E-state index contributed by atoms with van der Waals surface area (Å²) >= 11 is 0. The Morgan fingerprint density at radius 3 is 1.24 bits per heavy atom. The molecular formula is C62H33N9. The van der Waals surface area contributed by atoms with Crippen LogP contribution in [0.3, 0.4) is 0 Å². The predicted octanol–water partition coefficient (Wildman–Crippen LogP) is 15.6. The molecule has 0 radical (unpaired) electrons. The third-order valence-corrected chi connectivity index (χ3v) is 13.5. The third-order valence-electron chi connectivity index (χ3n) is 13.5. The Bertz CT molecular complexity index is 4210. The minimum atomic E-state index is 0.248. The zero-order valence-corrected chi connectivity index (χ0v) is 37.6. The average Bonchev–Trinajstić information content (AvgIpc) is 4.07. The molecule has 0 saturated heterocycles. The van der Waals surface area contributed by atoms with Crippen molar-refractivity contribution < 1.29 is 0 Å². The van der Waals surface area contributed by atoms with Crippen molar-refractivity contribution in [2.75, 3.05) is 0 Å². The number of nitrogens with zero attached hydrogens (tertiary/aromatic N) is 9. The van der Waals surface area contributed by atoms with Gasteiger partial charge in [0.15, 0.2) is 17.2 Å². The molecule has 0 atom stereocenters. The molecule has 13 aromatic rings. The number of fused-ring (bicyclic) bond motifs is 9. The van der Waals surface area contributed by atoms with Crippen molar-refractivity contribution in [3.8, 4) is 63.1 Å². The van der Waals surface area contributed by atoms with E-state index in [1.165, 1.54) is 21.5 Å². The molecule has 0 amide bonds. The van der Waals surface area contributed by atoms with Crippen molar-refractivity contribution in [1.29, 1.82) is 10.5 Å². The molecule has 0 aliphatic heterocycles. The molecule has 9 aromatic carbocycles. The van der Waals surface area contributed by atoms with E-state index in [4.69, 9.17) is 23.1 Å². The van der Waals surface area contributed by atoms with Crippen LogP contribution in [0.15, 0.2) is 200 Å². The van der Waals surface area contributed by atoms with Gasteiger partial charge in [0.05, 0.1) is 80.9 Å². The minimum Gasteiger partial charge on any atom is -0.309 e. The van der Waals surface area contributed by atoms with Crippen LogP contribution in [-0.2, 0) is 0 Å². The SMILES string of the molecule is [C-]#[N+]c1cccc(-c2cc(-c3c(C#N)cc(-n4c5ccc(-n6c7ccccc7c7ccccc76)cc5c5cc(-n6c7ccccc7c7ccccc76)ccc54)cc3C#N)nc(-c3cccc([N+]#[C-])c3)n2)c1. The van der Waals surface area contributed by atoms with Gasteiger partial charge in [-0.15, -0.1) is 0 Å². The molecule has 0 bridgehead atoms. The predicted molar refractivity (Wildman–Crippen MR) is 283 cm³/mol. The molecule has 71 heavy (non-hydrogen) atoms. The summed E-state index contributed by atoms with van der Waals surface area (Å²) in [4.78, 5) is 17.2. The molecule has 4 aromatic heterocycles. The number of rotatable bonds is 6. The molecule has 9 heteroatoms. The summed E-state index contributed by atoms with van der Waals surface area (Å²) < 4.78 is 6.78. The van der Waals surface area contributed by atoms with E-state index in [2.05, 4.69) is 169 Å². The van der Waals surface area contributed by atoms with E-state index in [1.807, 2.05) is 24.3 Å². The van der Waals surface area contributed by atoms with Gasteiger partial charge >= 0.3 is 0 Å². The molecule has 0 N–H and O–H groups in total. The Morgan fingerprint density at radius 2 is 0.775 bits per heavy atom. The number of benzene rings is 9. The summed E-state index contributed by atoms with van der Waals surface area (Å²) in [7, 11) is 0. The van der Waals surface area contributed by atoms with E-state index in [9.17, 15) is 10.5 Å². The molecule has 4 heterocycles. The first-order valence-corrected chi connectivity index (χ1v) is 22.9. The first kappa shape index (κ1) is 40.7. The molecule has 0 unspecified atom stereocenters. The quantitative estimate of drug-likeness (QED) is 0.155. The maximum Gasteiger partial charge on any atom is 0.187 e. The summed E-state index contributed by atoms with van der Waals surface area (Å²) in [6, 6.07) is 71.5. The fourth-order valence-electron chi connectivity index (χ4n) is 10.5. The van der Waals surface area contributed by atoms with Crippen molar-refractivity contribution in [1.82, 2.24) is 23.7 Å². The molecule has 0 saturated carbocycles. The molecule has 9 nitrogen and oxygen atoms in total. The summed E-state index contributed by atoms with van der Waals surface area (Å²) in [6.07, 6.45) is 0. The van der Waals surface area contributed by atoms with E-state index in [0.717, 1.165) is 55.2 Å². The van der Waals surface area contributed by atoms with Gasteiger partial charge in [-0.05, 0) is 96.6 Å². The minimum absolute atomic E-state index is 0.248. The molecule has 0 fully saturated rings. The van der Waals surface area contributed by atoms with Gasteiger partial charge < -0.3 is 13.7 Å². The number of aromatic nitrogens is 5. The Labute approximate surface area is 406 Å². The van der Waals surface area contributed by atoms with Crippen LogP contribution in [0.1, 0.15) is 11.1 Å². The van der Waals surface area contributed by atoms with Crippen molar-refractivity contribution in [2.45, 2.75) is 0 Å². The van der Waals surface area contributed by atoms with E-state index in [0.29, 0.717) is 51.0 Å². The number of hydrogen-bond donors (Lipinski definition) is 0. The van der Waals surface area contributed by atoms with E-state index in [1.54, 1.807) is 42.5 Å². The summed E-state index contributed by atoms with van der Waals surface area (Å²) in [5.74, 6) is 0.313. The van der Waals surface area contributed by atoms with Crippen molar-refractivity contribution in [3.05, 3.63) is 234 Å². The standard InChI is InChI=1S/C62H33N9/c1-65-42-15-11-13-38(29-42)53-35-54(68-62(67-53)39-14-12-16-43(30-39)66-2)61-40(36-63)31-46(32-41(61)37-64)71-59-27-25-44(69-55-21-7-3-17-47(55)48-18-4-8-22-56(48)69)33-51(59)52-34-45(26-28-60(52)71)70-57-23-9-5-19-49(57)50-20-6-10-24-58(50)70/h3-35H. The molecule has 0 aliphatic rings. The average molecular weight is 904 g/mol. The highest BCUT2D eigenvalue weighted by atomic mass is 15.0. The summed E-state index contributed by atoms with van der Waals surface area (Å²) in [5.41, 5.74) is 12.7. The van der Waals surface area contributed by atoms with Gasteiger partial charge in [0.2, 0.25) is 0 Å². The van der Waals surface area contributed by atoms with Crippen LogP contribution in [-0.4, -0.2) is 23.7 Å². The first-order chi connectivity index (χ1) is 35.0. The first-order valence-electron chi connectivity index (χ1n) is 22.9. The van der Waals surface area contributed by atoms with Crippen LogP contribution in [0.25, 0.3) is 126 Å². The van der Waals surface area contributed by atoms with E-state index in [-0.39, 0.29) is 11.1 Å². The van der Waals surface area contributed by atoms with Crippen LogP contribution in [0.4, 0.5) is 11.4 Å². The Kier molecular flexibility index (Phi) is 9.19. The second-order valence-electron chi connectivity index (χ2n) is 17.4. The smallest absolute Gasteiger partial charge is 0.187 e. The van der Waals surface area contributed by atoms with Crippen LogP contribution >= 0.6 is 0 Å².